The van der Waals surface area contributed by atoms with Crippen LogP contribution in [0.25, 0.3) is 20.4 Å². The lowest BCUT2D eigenvalue weighted by Crippen LogP contribution is -2.38. The molecule has 5 rings (SSSR count). The minimum Gasteiger partial charge on any atom is -0.348 e. The highest BCUT2D eigenvalue weighted by Crippen LogP contribution is 2.33. The van der Waals surface area contributed by atoms with Gasteiger partial charge in [0.1, 0.15) is 0 Å². The maximum Gasteiger partial charge on any atom is 0.229 e. The number of fused-ring (bicyclic) bond motifs is 2. The highest BCUT2D eigenvalue weighted by Gasteiger charge is 2.27. The Bertz CT molecular complexity index is 1200. The zero-order valence-electron chi connectivity index (χ0n) is 16.4. The van der Waals surface area contributed by atoms with E-state index in [2.05, 4.69) is 53.3 Å². The maximum absolute atomic E-state index is 12.8. The van der Waals surface area contributed by atoms with Gasteiger partial charge in [0.2, 0.25) is 5.91 Å². The number of aromatic nitrogens is 2. The Morgan fingerprint density at radius 1 is 0.966 bits per heavy atom. The molecule has 5 nitrogen and oxygen atoms in total. The predicted molar refractivity (Wildman–Crippen MR) is 122 cm³/mol. The minimum absolute atomic E-state index is 0.0246. The van der Waals surface area contributed by atoms with Gasteiger partial charge in [-0.05, 0) is 62.1 Å². The largest absolute Gasteiger partial charge is 0.348 e. The van der Waals surface area contributed by atoms with E-state index in [1.807, 2.05) is 12.1 Å². The summed E-state index contributed by atoms with van der Waals surface area (Å²) >= 11 is 3.28. The lowest BCUT2D eigenvalue weighted by Gasteiger charge is -2.30. The van der Waals surface area contributed by atoms with Gasteiger partial charge in [0.05, 0.1) is 20.4 Å². The van der Waals surface area contributed by atoms with Gasteiger partial charge in [-0.1, -0.05) is 34.8 Å². The van der Waals surface area contributed by atoms with Crippen molar-refractivity contribution in [2.45, 2.75) is 26.7 Å². The van der Waals surface area contributed by atoms with Gasteiger partial charge in [-0.25, -0.2) is 9.97 Å². The Labute approximate surface area is 177 Å². The smallest absolute Gasteiger partial charge is 0.229 e. The van der Waals surface area contributed by atoms with Gasteiger partial charge in [0.15, 0.2) is 10.3 Å². The molecule has 7 heteroatoms. The Kier molecular flexibility index (Phi) is 4.72. The van der Waals surface area contributed by atoms with Gasteiger partial charge < -0.3 is 10.2 Å². The van der Waals surface area contributed by atoms with E-state index in [-0.39, 0.29) is 11.8 Å². The molecule has 1 aliphatic rings. The molecular formula is C22H22N4OS2. The predicted octanol–water partition coefficient (Wildman–Crippen LogP) is 5.38. The average molecular weight is 423 g/mol. The van der Waals surface area contributed by atoms with E-state index in [1.165, 1.54) is 15.8 Å². The highest BCUT2D eigenvalue weighted by molar-refractivity contribution is 7.22. The number of nitrogens with one attached hydrogen (secondary N) is 1. The van der Waals surface area contributed by atoms with Crippen molar-refractivity contribution in [2.24, 2.45) is 5.92 Å². The molecule has 0 unspecified atom stereocenters. The van der Waals surface area contributed by atoms with Crippen LogP contribution in [0.1, 0.15) is 24.0 Å². The van der Waals surface area contributed by atoms with Gasteiger partial charge in [-0.3, -0.25) is 4.79 Å². The lowest BCUT2D eigenvalue weighted by atomic mass is 9.96. The number of carbonyl (C=O) groups is 1. The molecule has 0 saturated carbocycles. The number of nitrogens with zero attached hydrogens (tertiary/aromatic N) is 3. The van der Waals surface area contributed by atoms with Crippen LogP contribution < -0.4 is 10.2 Å². The zero-order chi connectivity index (χ0) is 20.0. The number of hydrogen-bond acceptors (Lipinski definition) is 6. The third-order valence-corrected chi connectivity index (χ3v) is 7.46. The summed E-state index contributed by atoms with van der Waals surface area (Å²) in [5.74, 6) is 0.108. The molecule has 2 aromatic heterocycles. The van der Waals surface area contributed by atoms with Crippen molar-refractivity contribution in [1.29, 1.82) is 0 Å². The summed E-state index contributed by atoms with van der Waals surface area (Å²) in [6.45, 7) is 5.89. The van der Waals surface area contributed by atoms with Crippen molar-refractivity contribution in [2.75, 3.05) is 23.3 Å². The maximum atomic E-state index is 12.8. The van der Waals surface area contributed by atoms with Gasteiger partial charge in [0.25, 0.3) is 0 Å². The van der Waals surface area contributed by atoms with Crippen LogP contribution >= 0.6 is 22.7 Å². The topological polar surface area (TPSA) is 58.1 Å². The molecule has 0 atom stereocenters. The molecule has 2 aromatic carbocycles. The number of piperidine rings is 1. The average Bonchev–Trinajstić information content (AvgIpc) is 3.30. The number of anilines is 2. The fraction of sp³-hybridized carbons (Fsp3) is 0.318. The molecule has 148 valence electrons. The molecule has 29 heavy (non-hydrogen) atoms. The number of amides is 1. The van der Waals surface area contributed by atoms with Gasteiger partial charge in [0, 0.05) is 19.0 Å². The van der Waals surface area contributed by atoms with Crippen LogP contribution in [-0.2, 0) is 4.79 Å². The van der Waals surface area contributed by atoms with E-state index >= 15 is 0 Å². The van der Waals surface area contributed by atoms with Crippen molar-refractivity contribution in [3.63, 3.8) is 0 Å². The Balaban J connectivity index is 1.23. The second-order valence-corrected chi connectivity index (χ2v) is 9.75. The number of thiazole rings is 2. The molecule has 3 heterocycles. The van der Waals surface area contributed by atoms with Crippen LogP contribution in [0.15, 0.2) is 36.4 Å². The second-order valence-electron chi connectivity index (χ2n) is 7.71. The third-order valence-electron chi connectivity index (χ3n) is 5.44. The molecular weight excluding hydrogens is 400 g/mol. The third kappa shape index (κ3) is 3.72. The molecule has 0 bridgehead atoms. The number of benzene rings is 2. The molecule has 1 N–H and O–H groups in total. The normalized spacial score (nSPS) is 15.3. The fourth-order valence-corrected chi connectivity index (χ4v) is 5.86. The number of hydrogen-bond donors (Lipinski definition) is 1. The highest BCUT2D eigenvalue weighted by atomic mass is 32.1. The van der Waals surface area contributed by atoms with E-state index in [9.17, 15) is 4.79 Å². The summed E-state index contributed by atoms with van der Waals surface area (Å²) in [6.07, 6.45) is 1.68. The first-order valence-corrected chi connectivity index (χ1v) is 11.5. The summed E-state index contributed by atoms with van der Waals surface area (Å²) in [6, 6.07) is 12.6. The number of aryl methyl sites for hydroxylation is 2. The SMILES string of the molecule is Cc1ccc2nc(NC(=O)C3CCN(c4nc5ccc(C)cc5s4)CC3)sc2c1. The number of rotatable bonds is 3. The Morgan fingerprint density at radius 2 is 1.59 bits per heavy atom. The summed E-state index contributed by atoms with van der Waals surface area (Å²) in [4.78, 5) is 24.4. The summed E-state index contributed by atoms with van der Waals surface area (Å²) in [5, 5.41) is 4.79. The quantitative estimate of drug-likeness (QED) is 0.482. The standard InChI is InChI=1S/C22H22N4OS2/c1-13-3-5-16-18(11-13)28-21(23-16)25-20(27)15-7-9-26(10-8-15)22-24-17-6-4-14(2)12-19(17)29-22/h3-6,11-12,15H,7-10H2,1-2H3,(H,23,25,27). The Morgan fingerprint density at radius 3 is 2.28 bits per heavy atom. The molecule has 1 amide bonds. The van der Waals surface area contributed by atoms with Crippen molar-refractivity contribution >= 4 is 59.3 Å². The van der Waals surface area contributed by atoms with Crippen LogP contribution in [0, 0.1) is 19.8 Å². The van der Waals surface area contributed by atoms with Crippen molar-refractivity contribution in [3.05, 3.63) is 47.5 Å². The number of carbonyl (C=O) groups excluding carboxylic acids is 1. The van der Waals surface area contributed by atoms with Crippen molar-refractivity contribution in [3.8, 4) is 0 Å². The van der Waals surface area contributed by atoms with Crippen molar-refractivity contribution in [1.82, 2.24) is 9.97 Å². The van der Waals surface area contributed by atoms with Crippen LogP contribution in [0.3, 0.4) is 0 Å². The van der Waals surface area contributed by atoms with E-state index in [0.29, 0.717) is 5.13 Å². The van der Waals surface area contributed by atoms with Crippen LogP contribution in [0.2, 0.25) is 0 Å². The second kappa shape index (κ2) is 7.39. The summed E-state index contributed by atoms with van der Waals surface area (Å²) < 4.78 is 2.34. The molecule has 0 aliphatic carbocycles. The molecule has 1 fully saturated rings. The van der Waals surface area contributed by atoms with E-state index in [0.717, 1.165) is 46.8 Å². The van der Waals surface area contributed by atoms with E-state index in [1.54, 1.807) is 22.7 Å². The monoisotopic (exact) mass is 422 g/mol. The van der Waals surface area contributed by atoms with Crippen LogP contribution in [0.5, 0.6) is 0 Å². The van der Waals surface area contributed by atoms with E-state index < -0.39 is 0 Å². The van der Waals surface area contributed by atoms with Gasteiger partial charge >= 0.3 is 0 Å². The zero-order valence-corrected chi connectivity index (χ0v) is 18.1. The molecule has 0 spiro atoms. The first kappa shape index (κ1) is 18.5. The Hall–Kier alpha value is -2.51. The molecule has 1 saturated heterocycles. The first-order chi connectivity index (χ1) is 14.0. The van der Waals surface area contributed by atoms with E-state index in [4.69, 9.17) is 4.98 Å². The fourth-order valence-electron chi connectivity index (χ4n) is 3.78. The van der Waals surface area contributed by atoms with Gasteiger partial charge in [-0.15, -0.1) is 0 Å². The lowest BCUT2D eigenvalue weighted by molar-refractivity contribution is -0.120. The van der Waals surface area contributed by atoms with Gasteiger partial charge in [-0.2, -0.15) is 0 Å². The van der Waals surface area contributed by atoms with Crippen LogP contribution in [-0.4, -0.2) is 29.0 Å². The molecule has 4 aromatic rings. The minimum atomic E-state index is 0.0246. The van der Waals surface area contributed by atoms with Crippen LogP contribution in [0.4, 0.5) is 10.3 Å². The molecule has 0 radical (unpaired) electrons. The summed E-state index contributed by atoms with van der Waals surface area (Å²) in [7, 11) is 0. The first-order valence-electron chi connectivity index (χ1n) is 9.85. The van der Waals surface area contributed by atoms with Crippen molar-refractivity contribution < 1.29 is 4.79 Å². The molecule has 1 aliphatic heterocycles. The summed E-state index contributed by atoms with van der Waals surface area (Å²) in [5.41, 5.74) is 4.46.